The first kappa shape index (κ1) is 39.1. The Bertz CT molecular complexity index is 1450. The van der Waals surface area contributed by atoms with E-state index in [0.717, 1.165) is 42.8 Å². The maximum Gasteiger partial charge on any atom is 0.350 e. The molecule has 0 saturated heterocycles. The van der Waals surface area contributed by atoms with Crippen LogP contribution in [0.3, 0.4) is 0 Å². The van der Waals surface area contributed by atoms with Gasteiger partial charge in [0.15, 0.2) is 5.57 Å². The minimum absolute atomic E-state index is 0.0164. The van der Waals surface area contributed by atoms with Crippen LogP contribution in [0.2, 0.25) is 0 Å². The lowest BCUT2D eigenvalue weighted by Crippen LogP contribution is -2.22. The number of benzene rings is 1. The first-order valence-electron chi connectivity index (χ1n) is 14.0. The SMILES string of the molecule is C=CC(=O)OCC(C)OC(=O)CCC(=O)Oc1ccc(OC(=O)CCC(=O)OC(C)COC(=O)C=C)c2c1SC(=C(C#N)C(=O)OC)S2. The fourth-order valence-electron chi connectivity index (χ4n) is 3.37. The van der Waals surface area contributed by atoms with E-state index in [2.05, 4.69) is 17.9 Å². The zero-order chi connectivity index (χ0) is 35.8. The molecule has 0 aliphatic carbocycles. The molecule has 0 saturated carbocycles. The van der Waals surface area contributed by atoms with Gasteiger partial charge in [0.05, 0.1) is 46.8 Å². The van der Waals surface area contributed by atoms with E-state index in [1.54, 1.807) is 6.07 Å². The number of esters is 7. The molecule has 0 bridgehead atoms. The lowest BCUT2D eigenvalue weighted by Gasteiger charge is -2.14. The quantitative estimate of drug-likeness (QED) is 0.0747. The molecule has 1 heterocycles. The molecule has 256 valence electrons. The number of carbonyl (C=O) groups excluding carboxylic acids is 7. The fraction of sp³-hybridized carbons (Fsp3) is 0.355. The van der Waals surface area contributed by atoms with Gasteiger partial charge in [-0.15, -0.1) is 0 Å². The molecule has 1 aromatic rings. The summed E-state index contributed by atoms with van der Waals surface area (Å²) >= 11 is 1.79. The van der Waals surface area contributed by atoms with Crippen molar-refractivity contribution in [1.29, 1.82) is 5.26 Å². The van der Waals surface area contributed by atoms with E-state index in [0.29, 0.717) is 0 Å². The summed E-state index contributed by atoms with van der Waals surface area (Å²) in [5.74, 6) is -5.47. The molecule has 0 N–H and O–H groups in total. The summed E-state index contributed by atoms with van der Waals surface area (Å²) in [6.45, 7) is 9.09. The number of ether oxygens (including phenoxy) is 7. The van der Waals surface area contributed by atoms with E-state index in [4.69, 9.17) is 28.4 Å². The smallest absolute Gasteiger partial charge is 0.350 e. The molecule has 0 fully saturated rings. The van der Waals surface area contributed by atoms with Gasteiger partial charge in [0, 0.05) is 12.2 Å². The highest BCUT2D eigenvalue weighted by Gasteiger charge is 2.32. The number of nitrogens with zero attached hydrogens (tertiary/aromatic N) is 1. The molecule has 15 nitrogen and oxygen atoms in total. The van der Waals surface area contributed by atoms with E-state index in [9.17, 15) is 38.8 Å². The van der Waals surface area contributed by atoms with Crippen LogP contribution in [0.1, 0.15) is 39.5 Å². The van der Waals surface area contributed by atoms with Crippen LogP contribution in [0, 0.1) is 11.3 Å². The van der Waals surface area contributed by atoms with Gasteiger partial charge < -0.3 is 33.2 Å². The average Bonchev–Trinajstić information content (AvgIpc) is 3.51. The number of thioether (sulfide) groups is 2. The highest BCUT2D eigenvalue weighted by atomic mass is 32.2. The Hall–Kier alpha value is -5.08. The van der Waals surface area contributed by atoms with Gasteiger partial charge in [-0.2, -0.15) is 5.26 Å². The van der Waals surface area contributed by atoms with Crippen molar-refractivity contribution in [2.24, 2.45) is 0 Å². The lowest BCUT2D eigenvalue weighted by molar-refractivity contribution is -0.156. The summed E-state index contributed by atoms with van der Waals surface area (Å²) < 4.78 is 35.5. The van der Waals surface area contributed by atoms with Crippen LogP contribution in [-0.2, 0) is 57.2 Å². The molecule has 1 aliphatic rings. The summed E-state index contributed by atoms with van der Waals surface area (Å²) in [5, 5.41) is 9.56. The minimum Gasteiger partial charge on any atom is -0.465 e. The number of nitriles is 1. The zero-order valence-corrected chi connectivity index (χ0v) is 27.7. The molecule has 2 atom stereocenters. The number of hydrogen-bond acceptors (Lipinski definition) is 17. The fourth-order valence-corrected chi connectivity index (χ4v) is 5.93. The third-order valence-electron chi connectivity index (χ3n) is 5.57. The highest BCUT2D eigenvalue weighted by Crippen LogP contribution is 2.59. The van der Waals surface area contributed by atoms with Crippen molar-refractivity contribution in [2.75, 3.05) is 20.3 Å². The zero-order valence-electron chi connectivity index (χ0n) is 26.1. The molecule has 17 heteroatoms. The third kappa shape index (κ3) is 12.6. The molecule has 1 aromatic carbocycles. The van der Waals surface area contributed by atoms with Crippen LogP contribution in [-0.4, -0.2) is 74.3 Å². The topological polar surface area (TPSA) is 208 Å². The lowest BCUT2D eigenvalue weighted by atomic mass is 10.3. The van der Waals surface area contributed by atoms with Crippen LogP contribution in [0.4, 0.5) is 0 Å². The predicted octanol–water partition coefficient (Wildman–Crippen LogP) is 3.49. The van der Waals surface area contributed by atoms with Crippen molar-refractivity contribution in [3.63, 3.8) is 0 Å². The molecule has 2 unspecified atom stereocenters. The van der Waals surface area contributed by atoms with Crippen LogP contribution >= 0.6 is 23.5 Å². The van der Waals surface area contributed by atoms with Gasteiger partial charge in [-0.25, -0.2) is 14.4 Å². The summed E-state index contributed by atoms with van der Waals surface area (Å²) in [6, 6.07) is 4.39. The van der Waals surface area contributed by atoms with Crippen LogP contribution < -0.4 is 9.47 Å². The van der Waals surface area contributed by atoms with Gasteiger partial charge in [-0.3, -0.25) is 19.2 Å². The van der Waals surface area contributed by atoms with Gasteiger partial charge in [0.2, 0.25) is 0 Å². The van der Waals surface area contributed by atoms with Crippen LogP contribution in [0.5, 0.6) is 11.5 Å². The second-order valence-corrected chi connectivity index (χ2v) is 11.7. The third-order valence-corrected chi connectivity index (χ3v) is 8.20. The Morgan fingerprint density at radius 3 is 1.50 bits per heavy atom. The second kappa shape index (κ2) is 19.6. The van der Waals surface area contributed by atoms with Crippen molar-refractivity contribution in [3.8, 4) is 17.6 Å². The Kier molecular flexibility index (Phi) is 15.9. The van der Waals surface area contributed by atoms with Crippen molar-refractivity contribution in [3.05, 3.63) is 47.3 Å². The van der Waals surface area contributed by atoms with Crippen molar-refractivity contribution in [2.45, 2.75) is 61.5 Å². The monoisotopic (exact) mass is 705 g/mol. The van der Waals surface area contributed by atoms with Crippen LogP contribution in [0.25, 0.3) is 0 Å². The molecular weight excluding hydrogens is 674 g/mol. The highest BCUT2D eigenvalue weighted by molar-refractivity contribution is 8.24. The summed E-state index contributed by atoms with van der Waals surface area (Å²) in [5.41, 5.74) is -0.343. The molecule has 2 rings (SSSR count). The number of methoxy groups -OCH3 is 1. The van der Waals surface area contributed by atoms with Gasteiger partial charge >= 0.3 is 41.8 Å². The van der Waals surface area contributed by atoms with Gasteiger partial charge in [-0.1, -0.05) is 36.7 Å². The maximum atomic E-state index is 12.6. The average molecular weight is 706 g/mol. The van der Waals surface area contributed by atoms with E-state index >= 15 is 0 Å². The maximum absolute atomic E-state index is 12.6. The number of rotatable bonds is 17. The standard InChI is InChI=1S/C31H31NO14S2/c1-6-22(33)41-15-17(3)43-24(35)10-12-26(37)45-20-8-9-21(29-28(20)47-31(48-29)19(14-32)30(39)40-5)46-27(38)13-11-25(36)44-18(4)16-42-23(34)7-2/h6-9,17-18H,1-2,10-13,15-16H2,3-5H3. The Morgan fingerprint density at radius 1 is 0.750 bits per heavy atom. The predicted molar refractivity (Wildman–Crippen MR) is 166 cm³/mol. The first-order valence-corrected chi connectivity index (χ1v) is 15.6. The Labute approximate surface area is 283 Å². The largest absolute Gasteiger partial charge is 0.465 e. The molecule has 0 aromatic heterocycles. The van der Waals surface area contributed by atoms with E-state index in [-0.39, 0.29) is 70.0 Å². The van der Waals surface area contributed by atoms with Crippen molar-refractivity contribution < 1.29 is 66.7 Å². The summed E-state index contributed by atoms with van der Waals surface area (Å²) in [4.78, 5) is 84.5. The number of fused-ring (bicyclic) bond motifs is 1. The van der Waals surface area contributed by atoms with Crippen LogP contribution in [0.15, 0.2) is 57.0 Å². The van der Waals surface area contributed by atoms with E-state index in [1.807, 2.05) is 0 Å². The van der Waals surface area contributed by atoms with Gasteiger partial charge in [0.1, 0.15) is 43.0 Å². The number of carbonyl (C=O) groups is 7. The molecule has 1 aliphatic heterocycles. The summed E-state index contributed by atoms with van der Waals surface area (Å²) in [6.07, 6.45) is -1.12. The molecule has 0 spiro atoms. The van der Waals surface area contributed by atoms with Crippen molar-refractivity contribution in [1.82, 2.24) is 0 Å². The normalized spacial score (nSPS) is 12.5. The van der Waals surface area contributed by atoms with Gasteiger partial charge in [-0.05, 0) is 26.0 Å². The molecule has 0 radical (unpaired) electrons. The number of hydrogen-bond donors (Lipinski definition) is 0. The van der Waals surface area contributed by atoms with Gasteiger partial charge in [0.25, 0.3) is 0 Å². The molecule has 0 amide bonds. The van der Waals surface area contributed by atoms with E-state index < -0.39 is 54.0 Å². The molecule has 48 heavy (non-hydrogen) atoms. The Balaban J connectivity index is 2.12. The minimum atomic E-state index is -0.920. The Morgan fingerprint density at radius 2 is 1.15 bits per heavy atom. The second-order valence-electron chi connectivity index (χ2n) is 9.41. The van der Waals surface area contributed by atoms with E-state index in [1.165, 1.54) is 26.0 Å². The first-order chi connectivity index (χ1) is 22.8. The summed E-state index contributed by atoms with van der Waals surface area (Å²) in [7, 11) is 1.09. The molecular formula is C31H31NO14S2. The van der Waals surface area contributed by atoms with Crippen molar-refractivity contribution >= 4 is 65.3 Å².